The van der Waals surface area contributed by atoms with E-state index in [9.17, 15) is 0 Å². The molecule has 0 aromatic carbocycles. The van der Waals surface area contributed by atoms with E-state index in [0.29, 0.717) is 11.9 Å². The van der Waals surface area contributed by atoms with Gasteiger partial charge in [0.25, 0.3) is 0 Å². The van der Waals surface area contributed by atoms with Crippen LogP contribution >= 0.6 is 0 Å². The first-order valence-corrected chi connectivity index (χ1v) is 6.25. The third kappa shape index (κ3) is 1.78. The van der Waals surface area contributed by atoms with Gasteiger partial charge in [0.05, 0.1) is 5.69 Å². The van der Waals surface area contributed by atoms with Crippen LogP contribution in [0, 0.1) is 6.92 Å². The van der Waals surface area contributed by atoms with E-state index in [-0.39, 0.29) is 0 Å². The van der Waals surface area contributed by atoms with E-state index in [4.69, 9.17) is 5.73 Å². The van der Waals surface area contributed by atoms with Gasteiger partial charge < -0.3 is 16.0 Å². The predicted octanol–water partition coefficient (Wildman–Crippen LogP) is 0.418. The first-order chi connectivity index (χ1) is 8.65. The highest BCUT2D eigenvalue weighted by atomic mass is 15.4. The summed E-state index contributed by atoms with van der Waals surface area (Å²) in [6.07, 6.45) is 0. The fourth-order valence-electron chi connectivity index (χ4n) is 2.48. The molecule has 6 nitrogen and oxygen atoms in total. The Bertz CT molecular complexity index is 575. The third-order valence-corrected chi connectivity index (χ3v) is 3.35. The van der Waals surface area contributed by atoms with Gasteiger partial charge >= 0.3 is 0 Å². The summed E-state index contributed by atoms with van der Waals surface area (Å²) < 4.78 is 1.88. The van der Waals surface area contributed by atoms with Crippen molar-refractivity contribution in [2.45, 2.75) is 19.9 Å². The van der Waals surface area contributed by atoms with Crippen molar-refractivity contribution < 1.29 is 0 Å². The van der Waals surface area contributed by atoms with Crippen LogP contribution in [0.4, 0.5) is 11.6 Å². The van der Waals surface area contributed by atoms with E-state index in [1.807, 2.05) is 23.6 Å². The summed E-state index contributed by atoms with van der Waals surface area (Å²) in [5, 5.41) is 7.88. The molecular weight excluding hydrogens is 228 g/mol. The number of nitrogens with zero attached hydrogens (tertiary/aromatic N) is 4. The van der Waals surface area contributed by atoms with Gasteiger partial charge in [0, 0.05) is 37.8 Å². The number of rotatable bonds is 1. The zero-order chi connectivity index (χ0) is 12.7. The van der Waals surface area contributed by atoms with Gasteiger partial charge in [-0.2, -0.15) is 9.61 Å². The lowest BCUT2D eigenvalue weighted by Crippen LogP contribution is -2.50. The van der Waals surface area contributed by atoms with Gasteiger partial charge in [0.15, 0.2) is 5.65 Å². The van der Waals surface area contributed by atoms with Crippen molar-refractivity contribution in [3.63, 3.8) is 0 Å². The van der Waals surface area contributed by atoms with Crippen LogP contribution in [-0.4, -0.2) is 40.3 Å². The molecule has 1 saturated heterocycles. The Kier molecular flexibility index (Phi) is 2.59. The maximum atomic E-state index is 5.89. The average Bonchev–Trinajstić information content (AvgIpc) is 2.69. The smallest absolute Gasteiger partial charge is 0.159 e. The zero-order valence-electron chi connectivity index (χ0n) is 10.7. The maximum Gasteiger partial charge on any atom is 0.159 e. The number of anilines is 2. The lowest BCUT2D eigenvalue weighted by molar-refractivity contribution is 0.493. The molecule has 1 aliphatic rings. The number of nitrogens with one attached hydrogen (secondary N) is 1. The second-order valence-corrected chi connectivity index (χ2v) is 4.84. The normalized spacial score (nSPS) is 20.6. The van der Waals surface area contributed by atoms with Crippen LogP contribution in [0.5, 0.6) is 0 Å². The Morgan fingerprint density at radius 3 is 3.06 bits per heavy atom. The fraction of sp³-hybridized carbons (Fsp3) is 0.500. The molecule has 1 atom stereocenters. The van der Waals surface area contributed by atoms with E-state index in [1.54, 1.807) is 0 Å². The molecule has 0 radical (unpaired) electrons. The molecule has 3 N–H and O–H groups in total. The van der Waals surface area contributed by atoms with E-state index in [2.05, 4.69) is 27.2 Å². The SMILES string of the molecule is Cc1cc2nc(N)cc(N3CCNC[C@@H]3C)n2n1. The largest absolute Gasteiger partial charge is 0.384 e. The minimum absolute atomic E-state index is 0.424. The van der Waals surface area contributed by atoms with E-state index in [1.165, 1.54) is 0 Å². The number of hydrogen-bond donors (Lipinski definition) is 2. The molecule has 1 aliphatic heterocycles. The number of piperazine rings is 1. The molecule has 2 aromatic heterocycles. The summed E-state index contributed by atoms with van der Waals surface area (Å²) in [4.78, 5) is 6.64. The summed E-state index contributed by atoms with van der Waals surface area (Å²) >= 11 is 0. The zero-order valence-corrected chi connectivity index (χ0v) is 10.7. The van der Waals surface area contributed by atoms with Crippen molar-refractivity contribution >= 4 is 17.3 Å². The molecule has 18 heavy (non-hydrogen) atoms. The maximum absolute atomic E-state index is 5.89. The molecule has 6 heteroatoms. The second-order valence-electron chi connectivity index (χ2n) is 4.84. The number of nitrogens with two attached hydrogens (primary N) is 1. The molecule has 0 amide bonds. The standard InChI is InChI=1S/C12H18N6/c1-8-5-11-15-10(13)6-12(18(11)16-8)17-4-3-14-7-9(17)2/h5-6,9,14H,3-4,7H2,1-2H3,(H2,13,15)/t9-/m0/s1. The van der Waals surface area contributed by atoms with Crippen LogP contribution in [-0.2, 0) is 0 Å². The molecule has 3 heterocycles. The molecule has 0 unspecified atom stereocenters. The topological polar surface area (TPSA) is 71.5 Å². The van der Waals surface area contributed by atoms with Gasteiger partial charge in [-0.3, -0.25) is 0 Å². The highest BCUT2D eigenvalue weighted by Crippen LogP contribution is 2.22. The molecule has 3 rings (SSSR count). The highest BCUT2D eigenvalue weighted by molar-refractivity contribution is 5.57. The average molecular weight is 246 g/mol. The van der Waals surface area contributed by atoms with Crippen molar-refractivity contribution in [2.24, 2.45) is 0 Å². The van der Waals surface area contributed by atoms with Crippen molar-refractivity contribution in [1.82, 2.24) is 19.9 Å². The van der Waals surface area contributed by atoms with E-state index in [0.717, 1.165) is 36.8 Å². The van der Waals surface area contributed by atoms with Gasteiger partial charge in [0.1, 0.15) is 11.6 Å². The summed E-state index contributed by atoms with van der Waals surface area (Å²) in [6.45, 7) is 7.08. The second kappa shape index (κ2) is 4.13. The Hall–Kier alpha value is -1.82. The number of fused-ring (bicyclic) bond motifs is 1. The van der Waals surface area contributed by atoms with Crippen LogP contribution in [0.2, 0.25) is 0 Å². The van der Waals surface area contributed by atoms with Gasteiger partial charge in [-0.25, -0.2) is 4.98 Å². The van der Waals surface area contributed by atoms with Crippen molar-refractivity contribution in [2.75, 3.05) is 30.3 Å². The van der Waals surface area contributed by atoms with Crippen molar-refractivity contribution in [1.29, 1.82) is 0 Å². The minimum Gasteiger partial charge on any atom is -0.384 e. The first kappa shape index (κ1) is 11.3. The lowest BCUT2D eigenvalue weighted by Gasteiger charge is -2.35. The quantitative estimate of drug-likeness (QED) is 0.763. The lowest BCUT2D eigenvalue weighted by atomic mass is 10.2. The number of nitrogen functional groups attached to an aromatic ring is 1. The summed E-state index contributed by atoms with van der Waals surface area (Å²) in [7, 11) is 0. The molecule has 96 valence electrons. The Morgan fingerprint density at radius 1 is 1.44 bits per heavy atom. The monoisotopic (exact) mass is 246 g/mol. The third-order valence-electron chi connectivity index (χ3n) is 3.35. The van der Waals surface area contributed by atoms with Crippen molar-refractivity contribution in [3.8, 4) is 0 Å². The van der Waals surface area contributed by atoms with Crippen LogP contribution in [0.25, 0.3) is 5.65 Å². The number of aryl methyl sites for hydroxylation is 1. The van der Waals surface area contributed by atoms with Gasteiger partial charge in [0.2, 0.25) is 0 Å². The Labute approximate surface area is 106 Å². The summed E-state index contributed by atoms with van der Waals surface area (Å²) in [5.41, 5.74) is 7.66. The molecule has 0 spiro atoms. The van der Waals surface area contributed by atoms with Crippen LogP contribution in [0.1, 0.15) is 12.6 Å². The number of hydrogen-bond acceptors (Lipinski definition) is 5. The highest BCUT2D eigenvalue weighted by Gasteiger charge is 2.21. The van der Waals surface area contributed by atoms with Crippen molar-refractivity contribution in [3.05, 3.63) is 17.8 Å². The Balaban J connectivity index is 2.14. The molecule has 0 bridgehead atoms. The first-order valence-electron chi connectivity index (χ1n) is 6.25. The number of aromatic nitrogens is 3. The van der Waals surface area contributed by atoms with E-state index < -0.39 is 0 Å². The summed E-state index contributed by atoms with van der Waals surface area (Å²) in [5.74, 6) is 1.57. The van der Waals surface area contributed by atoms with Gasteiger partial charge in [-0.05, 0) is 13.8 Å². The molecule has 0 saturated carbocycles. The van der Waals surface area contributed by atoms with Crippen LogP contribution in [0.3, 0.4) is 0 Å². The minimum atomic E-state index is 0.424. The molecule has 2 aromatic rings. The van der Waals surface area contributed by atoms with Gasteiger partial charge in [-0.1, -0.05) is 0 Å². The Morgan fingerprint density at radius 2 is 2.28 bits per heavy atom. The van der Waals surface area contributed by atoms with Crippen LogP contribution < -0.4 is 16.0 Å². The van der Waals surface area contributed by atoms with Gasteiger partial charge in [-0.15, -0.1) is 0 Å². The summed E-state index contributed by atoms with van der Waals surface area (Å²) in [6, 6.07) is 4.28. The molecule has 1 fully saturated rings. The van der Waals surface area contributed by atoms with E-state index >= 15 is 0 Å². The van der Waals surface area contributed by atoms with Crippen LogP contribution in [0.15, 0.2) is 12.1 Å². The molecule has 0 aliphatic carbocycles. The predicted molar refractivity (Wildman–Crippen MR) is 71.8 cm³/mol. The fourth-order valence-corrected chi connectivity index (χ4v) is 2.48. The molecular formula is C12H18N6.